The molecule has 1 amide bonds. The smallest absolute Gasteiger partial charge is 0.257 e. The lowest BCUT2D eigenvalue weighted by Crippen LogP contribution is -2.35. The summed E-state index contributed by atoms with van der Waals surface area (Å²) in [4.78, 5) is 20.0. The molecule has 5 rings (SSSR count). The SMILES string of the molecule is COc1ccccc1-c1csc(NC(=O)c2ccc3c(c2)SC2=NS(=O)(=O)CCN23)n1. The van der Waals surface area contributed by atoms with Crippen LogP contribution < -0.4 is 15.0 Å². The van der Waals surface area contributed by atoms with E-state index in [2.05, 4.69) is 14.7 Å². The van der Waals surface area contributed by atoms with Crippen LogP contribution in [-0.4, -0.2) is 43.9 Å². The Balaban J connectivity index is 1.36. The topological polar surface area (TPSA) is 101 Å². The Bertz CT molecular complexity index is 1330. The summed E-state index contributed by atoms with van der Waals surface area (Å²) in [5.74, 6) is 0.406. The number of nitrogens with one attached hydrogen (secondary N) is 1. The van der Waals surface area contributed by atoms with Gasteiger partial charge in [0.15, 0.2) is 10.3 Å². The molecular formula is C20H16N4O4S3. The maximum atomic E-state index is 12.8. The second-order valence-corrected chi connectivity index (χ2v) is 10.4. The molecule has 0 saturated heterocycles. The minimum Gasteiger partial charge on any atom is -0.496 e. The number of hydrogen-bond acceptors (Lipinski definition) is 8. The van der Waals surface area contributed by atoms with E-state index in [1.165, 1.54) is 23.1 Å². The maximum Gasteiger partial charge on any atom is 0.257 e. The Morgan fingerprint density at radius 2 is 2.06 bits per heavy atom. The first-order valence-electron chi connectivity index (χ1n) is 9.26. The Morgan fingerprint density at radius 1 is 1.23 bits per heavy atom. The molecule has 31 heavy (non-hydrogen) atoms. The van der Waals surface area contributed by atoms with Crippen LogP contribution in [0, 0.1) is 0 Å². The summed E-state index contributed by atoms with van der Waals surface area (Å²) in [7, 11) is -1.81. The molecule has 1 N–H and O–H groups in total. The van der Waals surface area contributed by atoms with Gasteiger partial charge in [-0.25, -0.2) is 13.4 Å². The van der Waals surface area contributed by atoms with E-state index in [0.717, 1.165) is 21.8 Å². The monoisotopic (exact) mass is 472 g/mol. The number of carbonyl (C=O) groups excluding carboxylic acids is 1. The highest BCUT2D eigenvalue weighted by molar-refractivity contribution is 8.15. The molecule has 0 aliphatic carbocycles. The fourth-order valence-corrected chi connectivity index (χ4v) is 6.35. The van der Waals surface area contributed by atoms with Gasteiger partial charge in [0, 0.05) is 27.9 Å². The number of carbonyl (C=O) groups is 1. The van der Waals surface area contributed by atoms with Gasteiger partial charge >= 0.3 is 0 Å². The summed E-state index contributed by atoms with van der Waals surface area (Å²) in [6.45, 7) is 0.359. The van der Waals surface area contributed by atoms with E-state index < -0.39 is 10.0 Å². The highest BCUT2D eigenvalue weighted by atomic mass is 32.2. The molecular weight excluding hydrogens is 456 g/mol. The van der Waals surface area contributed by atoms with E-state index in [1.807, 2.05) is 40.6 Å². The predicted molar refractivity (Wildman–Crippen MR) is 123 cm³/mol. The van der Waals surface area contributed by atoms with Crippen LogP contribution in [0.15, 0.2) is 57.1 Å². The lowest BCUT2D eigenvalue weighted by atomic mass is 10.1. The molecule has 2 aromatic carbocycles. The fourth-order valence-electron chi connectivity index (χ4n) is 3.35. The number of hydrogen-bond donors (Lipinski definition) is 1. The lowest BCUT2D eigenvalue weighted by Gasteiger charge is -2.22. The van der Waals surface area contributed by atoms with Gasteiger partial charge in [0.25, 0.3) is 15.9 Å². The molecule has 3 heterocycles. The summed E-state index contributed by atoms with van der Waals surface area (Å²) in [5.41, 5.74) is 2.90. The Morgan fingerprint density at radius 3 is 2.90 bits per heavy atom. The highest BCUT2D eigenvalue weighted by Crippen LogP contribution is 2.42. The molecule has 2 aliphatic heterocycles. The number of para-hydroxylation sites is 1. The van der Waals surface area contributed by atoms with Crippen LogP contribution >= 0.6 is 23.1 Å². The van der Waals surface area contributed by atoms with Crippen molar-refractivity contribution in [2.24, 2.45) is 4.40 Å². The molecule has 11 heteroatoms. The number of ether oxygens (including phenoxy) is 1. The zero-order chi connectivity index (χ0) is 21.6. The zero-order valence-corrected chi connectivity index (χ0v) is 18.7. The molecule has 2 aliphatic rings. The fraction of sp³-hybridized carbons (Fsp3) is 0.150. The number of benzene rings is 2. The van der Waals surface area contributed by atoms with Gasteiger partial charge in [0.05, 0.1) is 24.2 Å². The number of amidine groups is 1. The van der Waals surface area contributed by atoms with Gasteiger partial charge in [0.1, 0.15) is 5.75 Å². The standard InChI is InChI=1S/C20H16N4O4S3/c1-28-16-5-3-2-4-13(16)14-11-29-19(21-14)22-18(25)12-6-7-15-17(10-12)30-20-23-31(26,27)9-8-24(15)20/h2-7,10-11H,8-9H2,1H3,(H,21,22,25). The highest BCUT2D eigenvalue weighted by Gasteiger charge is 2.33. The van der Waals surface area contributed by atoms with Crippen molar-refractivity contribution in [3.63, 3.8) is 0 Å². The van der Waals surface area contributed by atoms with E-state index in [0.29, 0.717) is 28.2 Å². The van der Waals surface area contributed by atoms with Crippen molar-refractivity contribution < 1.29 is 17.9 Å². The van der Waals surface area contributed by atoms with Crippen molar-refractivity contribution in [1.29, 1.82) is 0 Å². The second-order valence-electron chi connectivity index (χ2n) is 6.79. The number of rotatable bonds is 4. The van der Waals surface area contributed by atoms with E-state index in [1.54, 1.807) is 19.2 Å². The third-order valence-electron chi connectivity index (χ3n) is 4.84. The molecule has 0 unspecified atom stereocenters. The number of thioether (sulfide) groups is 1. The summed E-state index contributed by atoms with van der Waals surface area (Å²) < 4.78 is 32.7. The van der Waals surface area contributed by atoms with Gasteiger partial charge in [-0.15, -0.1) is 15.7 Å². The van der Waals surface area contributed by atoms with Crippen molar-refractivity contribution in [3.8, 4) is 17.0 Å². The molecule has 1 aromatic heterocycles. The van der Waals surface area contributed by atoms with E-state index in [4.69, 9.17) is 4.74 Å². The van der Waals surface area contributed by atoms with Crippen molar-refractivity contribution in [2.45, 2.75) is 4.90 Å². The number of anilines is 2. The predicted octanol–water partition coefficient (Wildman–Crippen LogP) is 3.68. The molecule has 0 bridgehead atoms. The van der Waals surface area contributed by atoms with Crippen LogP contribution in [0.3, 0.4) is 0 Å². The molecule has 0 radical (unpaired) electrons. The molecule has 0 atom stereocenters. The normalized spacial score (nSPS) is 16.3. The van der Waals surface area contributed by atoms with Crippen LogP contribution in [0.5, 0.6) is 5.75 Å². The van der Waals surface area contributed by atoms with Crippen LogP contribution in [0.2, 0.25) is 0 Å². The average Bonchev–Trinajstić information content (AvgIpc) is 3.36. The zero-order valence-electron chi connectivity index (χ0n) is 16.2. The Kier molecular flexibility index (Phi) is 4.95. The summed E-state index contributed by atoms with van der Waals surface area (Å²) >= 11 is 2.59. The van der Waals surface area contributed by atoms with Gasteiger partial charge in [-0.2, -0.15) is 0 Å². The van der Waals surface area contributed by atoms with E-state index >= 15 is 0 Å². The van der Waals surface area contributed by atoms with E-state index in [9.17, 15) is 13.2 Å². The van der Waals surface area contributed by atoms with Crippen molar-refractivity contribution in [1.82, 2.24) is 4.98 Å². The van der Waals surface area contributed by atoms with Gasteiger partial charge < -0.3 is 9.64 Å². The lowest BCUT2D eigenvalue weighted by molar-refractivity contribution is 0.102. The van der Waals surface area contributed by atoms with Gasteiger partial charge in [-0.05, 0) is 42.1 Å². The number of thiazole rings is 1. The third-order valence-corrected chi connectivity index (χ3v) is 7.91. The number of sulfonamides is 1. The van der Waals surface area contributed by atoms with E-state index in [-0.39, 0.29) is 11.7 Å². The number of aromatic nitrogens is 1. The average molecular weight is 473 g/mol. The molecule has 0 saturated carbocycles. The summed E-state index contributed by atoms with van der Waals surface area (Å²) in [6.07, 6.45) is 0. The summed E-state index contributed by atoms with van der Waals surface area (Å²) in [5, 5.41) is 5.60. The summed E-state index contributed by atoms with van der Waals surface area (Å²) in [6, 6.07) is 12.8. The van der Waals surface area contributed by atoms with Crippen LogP contribution in [0.4, 0.5) is 10.8 Å². The molecule has 0 fully saturated rings. The number of fused-ring (bicyclic) bond motifs is 3. The van der Waals surface area contributed by atoms with Gasteiger partial charge in [0.2, 0.25) is 0 Å². The maximum absolute atomic E-state index is 12.8. The second kappa shape index (κ2) is 7.66. The molecule has 3 aromatic rings. The first-order valence-corrected chi connectivity index (χ1v) is 12.6. The number of methoxy groups -OCH3 is 1. The number of nitrogens with zero attached hydrogens (tertiary/aromatic N) is 3. The van der Waals surface area contributed by atoms with Crippen LogP contribution in [0.25, 0.3) is 11.3 Å². The number of amides is 1. The largest absolute Gasteiger partial charge is 0.496 e. The van der Waals surface area contributed by atoms with Crippen LogP contribution in [-0.2, 0) is 10.0 Å². The Labute approximate surface area is 187 Å². The van der Waals surface area contributed by atoms with Crippen molar-refractivity contribution in [3.05, 3.63) is 53.4 Å². The minimum atomic E-state index is -3.42. The quantitative estimate of drug-likeness (QED) is 0.618. The molecule has 0 spiro atoms. The minimum absolute atomic E-state index is 0.0165. The first kappa shape index (κ1) is 20.0. The van der Waals surface area contributed by atoms with Gasteiger partial charge in [-0.1, -0.05) is 12.1 Å². The van der Waals surface area contributed by atoms with Crippen molar-refractivity contribution >= 4 is 55.0 Å². The third kappa shape index (κ3) is 3.80. The van der Waals surface area contributed by atoms with Crippen molar-refractivity contribution in [2.75, 3.05) is 29.6 Å². The Hall–Kier alpha value is -2.89. The van der Waals surface area contributed by atoms with Gasteiger partial charge in [-0.3, -0.25) is 10.1 Å². The first-order chi connectivity index (χ1) is 14.9. The molecule has 8 nitrogen and oxygen atoms in total. The van der Waals surface area contributed by atoms with Crippen LogP contribution in [0.1, 0.15) is 10.4 Å². The molecule has 158 valence electrons.